The molecule has 1 aliphatic rings. The van der Waals surface area contributed by atoms with Crippen molar-refractivity contribution in [3.8, 4) is 5.75 Å². The Morgan fingerprint density at radius 3 is 2.32 bits per heavy atom. The Morgan fingerprint density at radius 2 is 1.68 bits per heavy atom. The summed E-state index contributed by atoms with van der Waals surface area (Å²) in [6.07, 6.45) is 0. The molecule has 98 valence electrons. The van der Waals surface area contributed by atoms with E-state index < -0.39 is 15.9 Å². The zero-order valence-electron chi connectivity index (χ0n) is 10.1. The first-order chi connectivity index (χ1) is 9.13. The van der Waals surface area contributed by atoms with E-state index in [0.29, 0.717) is 0 Å². The van der Waals surface area contributed by atoms with Crippen molar-refractivity contribution in [3.63, 3.8) is 0 Å². The number of rotatable bonds is 2. The number of methoxy groups -OCH3 is 1. The summed E-state index contributed by atoms with van der Waals surface area (Å²) >= 11 is -3.29. The molecular formula is C14H11Cl2NOTe. The average molecular weight is 408 g/mol. The van der Waals surface area contributed by atoms with Crippen LogP contribution in [-0.4, -0.2) is 26.8 Å². The van der Waals surface area contributed by atoms with Crippen molar-refractivity contribution in [3.05, 3.63) is 54.1 Å². The summed E-state index contributed by atoms with van der Waals surface area (Å²) in [7, 11) is 15.0. The average Bonchev–Trinajstić information content (AvgIpc) is 2.71. The van der Waals surface area contributed by atoms with Gasteiger partial charge in [0.15, 0.2) is 0 Å². The van der Waals surface area contributed by atoms with Crippen molar-refractivity contribution in [1.29, 1.82) is 0 Å². The van der Waals surface area contributed by atoms with Gasteiger partial charge in [0.1, 0.15) is 0 Å². The molecule has 2 aromatic carbocycles. The van der Waals surface area contributed by atoms with Gasteiger partial charge in [-0.25, -0.2) is 0 Å². The van der Waals surface area contributed by atoms with E-state index >= 15 is 0 Å². The molecule has 0 saturated carbocycles. The molecule has 0 fully saturated rings. The van der Waals surface area contributed by atoms with E-state index in [1.165, 1.54) is 0 Å². The van der Waals surface area contributed by atoms with Crippen LogP contribution in [0.2, 0.25) is 0 Å². The Labute approximate surface area is 123 Å². The maximum atomic E-state index is 6.67. The summed E-state index contributed by atoms with van der Waals surface area (Å²) < 4.78 is 7.01. The third kappa shape index (κ3) is 2.26. The first-order valence-corrected chi connectivity index (χ1v) is 13.9. The Bertz CT molecular complexity index is 653. The molecule has 0 saturated heterocycles. The zero-order chi connectivity index (χ0) is 13.5. The monoisotopic (exact) mass is 409 g/mol. The molecule has 2 aromatic rings. The van der Waals surface area contributed by atoms with Gasteiger partial charge in [-0.15, -0.1) is 0 Å². The van der Waals surface area contributed by atoms with Crippen LogP contribution < -0.4 is 8.35 Å². The second-order valence-electron chi connectivity index (χ2n) is 4.08. The van der Waals surface area contributed by atoms with Crippen LogP contribution in [0.1, 0.15) is 5.56 Å². The SMILES string of the molecule is COc1ccc(C2=Nc3ccccc3[Te]2(Cl)Cl)cc1. The molecule has 0 bridgehead atoms. The summed E-state index contributed by atoms with van der Waals surface area (Å²) in [6, 6.07) is 15.5. The topological polar surface area (TPSA) is 21.6 Å². The van der Waals surface area contributed by atoms with Crippen LogP contribution in [0.15, 0.2) is 53.5 Å². The molecule has 19 heavy (non-hydrogen) atoms. The molecule has 5 heteroatoms. The number of nitrogens with zero attached hydrogens (tertiary/aromatic N) is 1. The fourth-order valence-corrected chi connectivity index (χ4v) is 9.61. The summed E-state index contributed by atoms with van der Waals surface area (Å²) in [5.41, 5.74) is 1.88. The van der Waals surface area contributed by atoms with Crippen molar-refractivity contribution in [2.75, 3.05) is 7.11 Å². The molecule has 0 radical (unpaired) electrons. The summed E-state index contributed by atoms with van der Waals surface area (Å²) in [6.45, 7) is 0. The molecular weight excluding hydrogens is 397 g/mol. The van der Waals surface area contributed by atoms with E-state index in [0.717, 1.165) is 24.4 Å². The number of hydrogen-bond acceptors (Lipinski definition) is 2. The zero-order valence-corrected chi connectivity index (χ0v) is 14.0. The van der Waals surface area contributed by atoms with E-state index in [2.05, 4.69) is 4.99 Å². The summed E-state index contributed by atoms with van der Waals surface area (Å²) in [5.74, 6) is 0.808. The van der Waals surface area contributed by atoms with Crippen LogP contribution >= 0.6 is 17.9 Å². The normalized spacial score (nSPS) is 17.5. The summed E-state index contributed by atoms with van der Waals surface area (Å²) in [5, 5.41) is 0. The van der Waals surface area contributed by atoms with Crippen molar-refractivity contribution < 1.29 is 4.74 Å². The van der Waals surface area contributed by atoms with Crippen molar-refractivity contribution in [2.24, 2.45) is 4.99 Å². The molecule has 0 N–H and O–H groups in total. The molecule has 1 heterocycles. The predicted octanol–water partition coefficient (Wildman–Crippen LogP) is 3.50. The van der Waals surface area contributed by atoms with Gasteiger partial charge >= 0.3 is 124 Å². The molecule has 0 amide bonds. The minimum atomic E-state index is -3.29. The van der Waals surface area contributed by atoms with E-state index in [1.54, 1.807) is 7.11 Å². The van der Waals surface area contributed by atoms with Gasteiger partial charge in [0.25, 0.3) is 0 Å². The van der Waals surface area contributed by atoms with E-state index in [1.807, 2.05) is 48.5 Å². The maximum absolute atomic E-state index is 6.67. The number of para-hydroxylation sites is 1. The predicted molar refractivity (Wildman–Crippen MR) is 82.7 cm³/mol. The second-order valence-corrected chi connectivity index (χ2v) is 16.4. The van der Waals surface area contributed by atoms with Gasteiger partial charge < -0.3 is 0 Å². The number of benzene rings is 2. The standard InChI is InChI=1S/C14H11Cl2NOTe/c1-18-11-8-6-10(7-9-11)14-17-12-4-2-3-5-13(12)19(14,15)16/h2-9H,1H3. The van der Waals surface area contributed by atoms with Gasteiger partial charge in [-0.05, 0) is 0 Å². The Morgan fingerprint density at radius 1 is 1.00 bits per heavy atom. The molecule has 2 nitrogen and oxygen atoms in total. The van der Waals surface area contributed by atoms with Crippen LogP contribution in [0, 0.1) is 0 Å². The first-order valence-electron chi connectivity index (χ1n) is 5.68. The van der Waals surface area contributed by atoms with Gasteiger partial charge in [0.2, 0.25) is 0 Å². The molecule has 0 aliphatic carbocycles. The Kier molecular flexibility index (Phi) is 3.49. The van der Waals surface area contributed by atoms with Gasteiger partial charge in [-0.1, -0.05) is 0 Å². The molecule has 1 aliphatic heterocycles. The number of hydrogen-bond donors (Lipinski definition) is 0. The third-order valence-corrected chi connectivity index (χ3v) is 12.0. The van der Waals surface area contributed by atoms with Crippen LogP contribution in [0.5, 0.6) is 5.75 Å². The first kappa shape index (κ1) is 13.3. The molecule has 0 spiro atoms. The number of halogens is 2. The fourth-order valence-electron chi connectivity index (χ4n) is 1.98. The van der Waals surface area contributed by atoms with Crippen LogP contribution in [0.4, 0.5) is 5.69 Å². The van der Waals surface area contributed by atoms with E-state index in [-0.39, 0.29) is 0 Å². The summed E-state index contributed by atoms with van der Waals surface area (Å²) in [4.78, 5) is 4.63. The molecule has 0 unspecified atom stereocenters. The van der Waals surface area contributed by atoms with Crippen LogP contribution in [0.3, 0.4) is 0 Å². The number of fused-ring (bicyclic) bond motifs is 1. The van der Waals surface area contributed by atoms with Crippen LogP contribution in [-0.2, 0) is 0 Å². The van der Waals surface area contributed by atoms with Gasteiger partial charge in [-0.3, -0.25) is 0 Å². The van der Waals surface area contributed by atoms with E-state index in [9.17, 15) is 0 Å². The second kappa shape index (κ2) is 4.99. The fraction of sp³-hybridized carbons (Fsp3) is 0.0714. The van der Waals surface area contributed by atoms with Crippen molar-refractivity contribution in [2.45, 2.75) is 0 Å². The Hall–Kier alpha value is -0.720. The molecule has 0 aromatic heterocycles. The van der Waals surface area contributed by atoms with Crippen LogP contribution in [0.25, 0.3) is 0 Å². The van der Waals surface area contributed by atoms with Gasteiger partial charge in [0.05, 0.1) is 0 Å². The quantitative estimate of drug-likeness (QED) is 0.698. The Balaban J connectivity index is 2.07. The van der Waals surface area contributed by atoms with Gasteiger partial charge in [0, 0.05) is 0 Å². The molecule has 0 atom stereocenters. The van der Waals surface area contributed by atoms with Gasteiger partial charge in [-0.2, -0.15) is 0 Å². The molecule has 3 rings (SSSR count). The third-order valence-electron chi connectivity index (χ3n) is 2.94. The minimum absolute atomic E-state index is 0.808. The van der Waals surface area contributed by atoms with Crippen molar-refractivity contribution >= 4 is 46.9 Å². The number of ether oxygens (including phenoxy) is 1. The number of aliphatic imine (C=N–C) groups is 1. The van der Waals surface area contributed by atoms with Crippen molar-refractivity contribution in [1.82, 2.24) is 0 Å². The van der Waals surface area contributed by atoms with E-state index in [4.69, 9.17) is 22.7 Å².